The van der Waals surface area contributed by atoms with E-state index in [1.54, 1.807) is 26.2 Å². The Hall–Kier alpha value is -2.10. The maximum Gasteiger partial charge on any atom is 0.320 e. The van der Waals surface area contributed by atoms with E-state index in [1.165, 1.54) is 6.08 Å². The molecule has 0 fully saturated rings. The summed E-state index contributed by atoms with van der Waals surface area (Å²) >= 11 is 0. The van der Waals surface area contributed by atoms with Gasteiger partial charge in [0, 0.05) is 5.56 Å². The van der Waals surface area contributed by atoms with Gasteiger partial charge in [-0.25, -0.2) is 0 Å². The van der Waals surface area contributed by atoms with E-state index in [9.17, 15) is 9.59 Å². The van der Waals surface area contributed by atoms with Crippen LogP contribution >= 0.6 is 0 Å². The van der Waals surface area contributed by atoms with Crippen LogP contribution in [0.5, 0.6) is 5.75 Å². The Morgan fingerprint density at radius 3 is 2.90 bits per heavy atom. The van der Waals surface area contributed by atoms with E-state index >= 15 is 0 Å². The number of benzene rings is 1. The molecule has 1 aliphatic carbocycles. The number of carbonyl (C=O) groups is 2. The third-order valence-electron chi connectivity index (χ3n) is 3.74. The van der Waals surface area contributed by atoms with E-state index in [0.29, 0.717) is 18.4 Å². The van der Waals surface area contributed by atoms with Crippen LogP contribution in [0, 0.1) is 5.41 Å². The van der Waals surface area contributed by atoms with Gasteiger partial charge in [0.25, 0.3) is 0 Å². The lowest BCUT2D eigenvalue weighted by molar-refractivity contribution is -0.151. The summed E-state index contributed by atoms with van der Waals surface area (Å²) in [6.07, 6.45) is 2.59. The van der Waals surface area contributed by atoms with Crippen LogP contribution in [0.4, 0.5) is 0 Å². The largest absolute Gasteiger partial charge is 0.497 e. The second kappa shape index (κ2) is 5.49. The highest BCUT2D eigenvalue weighted by atomic mass is 16.5. The van der Waals surface area contributed by atoms with E-state index in [0.717, 1.165) is 11.3 Å². The number of ether oxygens (including phenoxy) is 2. The number of aryl methyl sites for hydroxylation is 1. The molecule has 0 aromatic heterocycles. The Kier molecular flexibility index (Phi) is 3.93. The molecule has 1 aliphatic rings. The molecule has 1 aromatic rings. The smallest absolute Gasteiger partial charge is 0.320 e. The molecule has 0 radical (unpaired) electrons. The second-order valence-corrected chi connectivity index (χ2v) is 5.07. The standard InChI is InChI=1S/C16H18O4/c1-4-9-20-15(18)16(2)8-7-11-10-12(19-3)5-6-13(11)14(16)17/h4-6,10H,1,7-9H2,2-3H3. The van der Waals surface area contributed by atoms with Crippen LogP contribution in [-0.4, -0.2) is 25.5 Å². The van der Waals surface area contributed by atoms with Gasteiger partial charge in [-0.3, -0.25) is 9.59 Å². The molecule has 0 saturated carbocycles. The SMILES string of the molecule is C=CCOC(=O)C1(C)CCc2cc(OC)ccc2C1=O. The summed E-state index contributed by atoms with van der Waals surface area (Å²) in [7, 11) is 1.59. The van der Waals surface area contributed by atoms with Crippen LogP contribution in [0.2, 0.25) is 0 Å². The van der Waals surface area contributed by atoms with Gasteiger partial charge in [0.15, 0.2) is 5.78 Å². The van der Waals surface area contributed by atoms with Crippen molar-refractivity contribution in [3.63, 3.8) is 0 Å². The van der Waals surface area contributed by atoms with Crippen molar-refractivity contribution in [2.75, 3.05) is 13.7 Å². The van der Waals surface area contributed by atoms with Crippen molar-refractivity contribution in [3.8, 4) is 5.75 Å². The quantitative estimate of drug-likeness (QED) is 0.481. The van der Waals surface area contributed by atoms with Crippen LogP contribution in [0.1, 0.15) is 29.3 Å². The van der Waals surface area contributed by atoms with Crippen molar-refractivity contribution >= 4 is 11.8 Å². The average molecular weight is 274 g/mol. The highest BCUT2D eigenvalue weighted by Crippen LogP contribution is 2.37. The highest BCUT2D eigenvalue weighted by Gasteiger charge is 2.45. The van der Waals surface area contributed by atoms with E-state index in [-0.39, 0.29) is 12.4 Å². The van der Waals surface area contributed by atoms with Crippen LogP contribution in [0.15, 0.2) is 30.9 Å². The van der Waals surface area contributed by atoms with Crippen LogP contribution in [0.3, 0.4) is 0 Å². The van der Waals surface area contributed by atoms with Crippen LogP contribution in [0.25, 0.3) is 0 Å². The van der Waals surface area contributed by atoms with Gasteiger partial charge >= 0.3 is 5.97 Å². The third kappa shape index (κ3) is 2.33. The monoisotopic (exact) mass is 274 g/mol. The highest BCUT2D eigenvalue weighted by molar-refractivity contribution is 6.13. The van der Waals surface area contributed by atoms with Crippen molar-refractivity contribution in [2.24, 2.45) is 5.41 Å². The van der Waals surface area contributed by atoms with Crippen molar-refractivity contribution in [2.45, 2.75) is 19.8 Å². The first kappa shape index (κ1) is 14.3. The summed E-state index contributed by atoms with van der Waals surface area (Å²) in [6.45, 7) is 5.27. The van der Waals surface area contributed by atoms with Crippen molar-refractivity contribution in [1.29, 1.82) is 0 Å². The van der Waals surface area contributed by atoms with Gasteiger partial charge in [0.2, 0.25) is 0 Å². The number of Topliss-reactive ketones (excluding diaryl/α,β-unsaturated/α-hetero) is 1. The van der Waals surface area contributed by atoms with Crippen molar-refractivity contribution in [1.82, 2.24) is 0 Å². The van der Waals surface area contributed by atoms with E-state index < -0.39 is 11.4 Å². The molecule has 1 atom stereocenters. The Morgan fingerprint density at radius 1 is 1.50 bits per heavy atom. The van der Waals surface area contributed by atoms with E-state index in [2.05, 4.69) is 6.58 Å². The summed E-state index contributed by atoms with van der Waals surface area (Å²) in [4.78, 5) is 24.7. The zero-order valence-corrected chi connectivity index (χ0v) is 11.8. The predicted octanol–water partition coefficient (Wildman–Crippen LogP) is 2.56. The average Bonchev–Trinajstić information content (AvgIpc) is 2.48. The molecule has 0 saturated heterocycles. The molecule has 0 N–H and O–H groups in total. The van der Waals surface area contributed by atoms with Gasteiger partial charge in [-0.1, -0.05) is 12.7 Å². The number of ketones is 1. The Labute approximate surface area is 118 Å². The Morgan fingerprint density at radius 2 is 2.25 bits per heavy atom. The van der Waals surface area contributed by atoms with Gasteiger partial charge in [0.1, 0.15) is 17.8 Å². The summed E-state index contributed by atoms with van der Waals surface area (Å²) in [5, 5.41) is 0. The molecule has 0 bridgehead atoms. The number of hydrogen-bond acceptors (Lipinski definition) is 4. The number of carbonyl (C=O) groups excluding carboxylic acids is 2. The molecular formula is C16H18O4. The first-order chi connectivity index (χ1) is 9.52. The van der Waals surface area contributed by atoms with Gasteiger partial charge in [-0.15, -0.1) is 0 Å². The molecule has 0 aliphatic heterocycles. The summed E-state index contributed by atoms with van der Waals surface area (Å²) in [5.41, 5.74) is 0.392. The van der Waals surface area contributed by atoms with Gasteiger partial charge in [-0.2, -0.15) is 0 Å². The topological polar surface area (TPSA) is 52.6 Å². The molecule has 1 unspecified atom stereocenters. The molecule has 1 aromatic carbocycles. The Bertz CT molecular complexity index is 562. The molecule has 20 heavy (non-hydrogen) atoms. The molecule has 106 valence electrons. The number of rotatable bonds is 4. The first-order valence-corrected chi connectivity index (χ1v) is 6.53. The first-order valence-electron chi connectivity index (χ1n) is 6.53. The maximum atomic E-state index is 12.6. The predicted molar refractivity (Wildman–Crippen MR) is 74.9 cm³/mol. The summed E-state index contributed by atoms with van der Waals surface area (Å²) in [5.74, 6) is 0.0497. The molecular weight excluding hydrogens is 256 g/mol. The molecule has 0 spiro atoms. The molecule has 4 nitrogen and oxygen atoms in total. The minimum atomic E-state index is -1.11. The van der Waals surface area contributed by atoms with Crippen molar-refractivity contribution in [3.05, 3.63) is 42.0 Å². The fourth-order valence-corrected chi connectivity index (χ4v) is 2.41. The summed E-state index contributed by atoms with van der Waals surface area (Å²) in [6, 6.07) is 5.30. The van der Waals surface area contributed by atoms with Gasteiger partial charge in [0.05, 0.1) is 7.11 Å². The fourth-order valence-electron chi connectivity index (χ4n) is 2.41. The Balaban J connectivity index is 2.31. The van der Waals surface area contributed by atoms with Crippen LogP contribution in [-0.2, 0) is 16.0 Å². The van der Waals surface area contributed by atoms with Gasteiger partial charge in [-0.05, 0) is 43.5 Å². The lowest BCUT2D eigenvalue weighted by atomic mass is 9.72. The molecule has 2 rings (SSSR count). The number of esters is 1. The number of fused-ring (bicyclic) bond motifs is 1. The second-order valence-electron chi connectivity index (χ2n) is 5.07. The molecule has 0 heterocycles. The van der Waals surface area contributed by atoms with Gasteiger partial charge < -0.3 is 9.47 Å². The molecule has 4 heteroatoms. The zero-order valence-electron chi connectivity index (χ0n) is 11.8. The fraction of sp³-hybridized carbons (Fsp3) is 0.375. The maximum absolute atomic E-state index is 12.6. The lowest BCUT2D eigenvalue weighted by Gasteiger charge is -2.31. The summed E-state index contributed by atoms with van der Waals surface area (Å²) < 4.78 is 10.2. The minimum Gasteiger partial charge on any atom is -0.497 e. The zero-order chi connectivity index (χ0) is 14.8. The van der Waals surface area contributed by atoms with E-state index in [1.807, 2.05) is 6.07 Å². The number of hydrogen-bond donors (Lipinski definition) is 0. The number of methoxy groups -OCH3 is 1. The molecule has 0 amide bonds. The minimum absolute atomic E-state index is 0.122. The van der Waals surface area contributed by atoms with E-state index in [4.69, 9.17) is 9.47 Å². The van der Waals surface area contributed by atoms with Crippen LogP contribution < -0.4 is 4.74 Å². The third-order valence-corrected chi connectivity index (χ3v) is 3.74. The normalized spacial score (nSPS) is 21.0. The lowest BCUT2D eigenvalue weighted by Crippen LogP contribution is -2.41. The van der Waals surface area contributed by atoms with Crippen molar-refractivity contribution < 1.29 is 19.1 Å².